The summed E-state index contributed by atoms with van der Waals surface area (Å²) < 4.78 is 11.1. The Labute approximate surface area is 186 Å². The predicted octanol–water partition coefficient (Wildman–Crippen LogP) is 3.23. The highest BCUT2D eigenvalue weighted by Gasteiger charge is 2.15. The zero-order valence-electron chi connectivity index (χ0n) is 18.4. The number of benzene rings is 1. The van der Waals surface area contributed by atoms with Crippen LogP contribution in [0.1, 0.15) is 32.3 Å². The molecule has 1 aliphatic rings. The molecular weight excluding hydrogens is 408 g/mol. The van der Waals surface area contributed by atoms with Gasteiger partial charge in [-0.15, -0.1) is 0 Å². The van der Waals surface area contributed by atoms with Crippen LogP contribution in [0.15, 0.2) is 40.6 Å². The fourth-order valence-corrected chi connectivity index (χ4v) is 3.41. The van der Waals surface area contributed by atoms with Crippen LogP contribution in [0, 0.1) is 0 Å². The molecule has 1 aliphatic heterocycles. The number of rotatable bonds is 11. The maximum absolute atomic E-state index is 5.75. The molecule has 0 aliphatic carbocycles. The van der Waals surface area contributed by atoms with E-state index in [9.17, 15) is 0 Å². The third-order valence-electron chi connectivity index (χ3n) is 4.84. The summed E-state index contributed by atoms with van der Waals surface area (Å²) in [4.78, 5) is 23.0. The number of hydrazone groups is 1. The van der Waals surface area contributed by atoms with Crippen LogP contribution in [0.25, 0.3) is 10.9 Å². The minimum atomic E-state index is 0.184. The van der Waals surface area contributed by atoms with Crippen LogP contribution >= 0.6 is 0 Å². The smallest absolute Gasteiger partial charge is 0.323 e. The molecule has 0 unspecified atom stereocenters. The molecule has 10 heteroatoms. The van der Waals surface area contributed by atoms with Crippen LogP contribution in [0.4, 0.5) is 11.9 Å². The van der Waals surface area contributed by atoms with Gasteiger partial charge in [-0.25, -0.2) is 10.4 Å². The van der Waals surface area contributed by atoms with Gasteiger partial charge in [0.2, 0.25) is 11.8 Å². The molecule has 4 rings (SSSR count). The summed E-state index contributed by atoms with van der Waals surface area (Å²) >= 11 is 0. The lowest BCUT2D eigenvalue weighted by atomic mass is 10.2. The third-order valence-corrected chi connectivity index (χ3v) is 4.84. The summed E-state index contributed by atoms with van der Waals surface area (Å²) in [7, 11) is 0. The average Bonchev–Trinajstić information content (AvgIpc) is 3.48. The van der Waals surface area contributed by atoms with Gasteiger partial charge in [-0.3, -0.25) is 0 Å². The Morgan fingerprint density at radius 2 is 2.03 bits per heavy atom. The molecule has 32 heavy (non-hydrogen) atoms. The van der Waals surface area contributed by atoms with Crippen molar-refractivity contribution in [1.82, 2.24) is 19.9 Å². The van der Waals surface area contributed by atoms with Crippen molar-refractivity contribution < 1.29 is 9.47 Å². The molecule has 3 aromatic rings. The molecule has 168 valence electrons. The van der Waals surface area contributed by atoms with Crippen LogP contribution in [0.5, 0.6) is 6.01 Å². The Balaban J connectivity index is 1.54. The number of ether oxygens (including phenoxy) is 2. The van der Waals surface area contributed by atoms with Gasteiger partial charge in [-0.2, -0.15) is 20.1 Å². The van der Waals surface area contributed by atoms with E-state index in [4.69, 9.17) is 9.47 Å². The Hall–Kier alpha value is -3.69. The number of para-hydroxylation sites is 1. The van der Waals surface area contributed by atoms with E-state index in [0.29, 0.717) is 30.9 Å². The highest BCUT2D eigenvalue weighted by molar-refractivity contribution is 5.99. The van der Waals surface area contributed by atoms with Crippen molar-refractivity contribution in [2.24, 2.45) is 10.1 Å². The largest absolute Gasteiger partial charge is 0.477 e. The van der Waals surface area contributed by atoms with Crippen molar-refractivity contribution in [3.05, 3.63) is 36.0 Å². The minimum absolute atomic E-state index is 0.184. The number of aromatic nitrogens is 4. The lowest BCUT2D eigenvalue weighted by molar-refractivity contribution is 0.281. The molecule has 10 nitrogen and oxygen atoms in total. The first kappa shape index (κ1) is 21.5. The van der Waals surface area contributed by atoms with Gasteiger partial charge in [0.25, 0.3) is 5.95 Å². The number of fused-ring (bicyclic) bond motifs is 1. The zero-order chi connectivity index (χ0) is 22.2. The van der Waals surface area contributed by atoms with Crippen molar-refractivity contribution in [3.63, 3.8) is 0 Å². The SMILES string of the molecule is CCCN(CCC)c1nc(N/N=C/c2c[nH]c3ccccc23)nc(OCC2=NCCO2)n1. The second kappa shape index (κ2) is 10.6. The topological polar surface area (TPSA) is 113 Å². The fraction of sp³-hybridized carbons (Fsp3) is 0.409. The van der Waals surface area contributed by atoms with Gasteiger partial charge in [0.15, 0.2) is 6.61 Å². The normalized spacial score (nSPS) is 13.4. The second-order valence-corrected chi connectivity index (χ2v) is 7.30. The molecule has 0 saturated carbocycles. The Bertz CT molecular complexity index is 1090. The van der Waals surface area contributed by atoms with Crippen molar-refractivity contribution in [2.45, 2.75) is 26.7 Å². The number of hydrogen-bond donors (Lipinski definition) is 2. The predicted molar refractivity (Wildman–Crippen MR) is 126 cm³/mol. The van der Waals surface area contributed by atoms with E-state index in [0.717, 1.165) is 42.4 Å². The second-order valence-electron chi connectivity index (χ2n) is 7.30. The number of nitrogens with one attached hydrogen (secondary N) is 2. The van der Waals surface area contributed by atoms with Crippen molar-refractivity contribution >= 4 is 34.9 Å². The number of hydrogen-bond acceptors (Lipinski definition) is 9. The fourth-order valence-electron chi connectivity index (χ4n) is 3.41. The first-order valence-electron chi connectivity index (χ1n) is 10.9. The van der Waals surface area contributed by atoms with Gasteiger partial charge in [0.05, 0.1) is 12.8 Å². The first-order valence-corrected chi connectivity index (χ1v) is 10.9. The summed E-state index contributed by atoms with van der Waals surface area (Å²) in [5.41, 5.74) is 4.94. The van der Waals surface area contributed by atoms with E-state index in [1.54, 1.807) is 6.21 Å². The molecule has 0 fully saturated rings. The standard InChI is InChI=1S/C22H28N8O2/c1-3-10-30(11-4-2)21-26-20(27-22(28-21)32-15-19-23-9-12-31-19)29-25-14-16-13-24-18-8-6-5-7-17(16)18/h5-8,13-14,24H,3-4,9-12,15H2,1-2H3,(H,26,27,28,29)/b25-14+. The minimum Gasteiger partial charge on any atom is -0.477 e. The van der Waals surface area contributed by atoms with Crippen molar-refractivity contribution in [3.8, 4) is 6.01 Å². The summed E-state index contributed by atoms with van der Waals surface area (Å²) in [6, 6.07) is 8.26. The van der Waals surface area contributed by atoms with Crippen molar-refractivity contribution in [1.29, 1.82) is 0 Å². The van der Waals surface area contributed by atoms with Gasteiger partial charge in [0, 0.05) is 35.8 Å². The van der Waals surface area contributed by atoms with Gasteiger partial charge in [-0.05, 0) is 18.9 Å². The summed E-state index contributed by atoms with van der Waals surface area (Å²) in [6.45, 7) is 7.34. The lowest BCUT2D eigenvalue weighted by Crippen LogP contribution is -2.27. The summed E-state index contributed by atoms with van der Waals surface area (Å²) in [6.07, 6.45) is 5.61. The number of aromatic amines is 1. The Morgan fingerprint density at radius 3 is 2.81 bits per heavy atom. The number of anilines is 2. The van der Waals surface area contributed by atoms with E-state index < -0.39 is 0 Å². The molecule has 2 N–H and O–H groups in total. The maximum Gasteiger partial charge on any atom is 0.323 e. The summed E-state index contributed by atoms with van der Waals surface area (Å²) in [5.74, 6) is 1.42. The number of nitrogens with zero attached hydrogens (tertiary/aromatic N) is 6. The summed E-state index contributed by atoms with van der Waals surface area (Å²) in [5, 5.41) is 5.43. The molecule has 0 spiro atoms. The monoisotopic (exact) mass is 436 g/mol. The van der Waals surface area contributed by atoms with Crippen LogP contribution in [-0.2, 0) is 4.74 Å². The Kier molecular flexibility index (Phi) is 7.11. The van der Waals surface area contributed by atoms with Gasteiger partial charge in [0.1, 0.15) is 6.61 Å². The molecule has 0 atom stereocenters. The molecule has 0 bridgehead atoms. The molecular formula is C22H28N8O2. The number of aliphatic imine (C=N–C) groups is 1. The van der Waals surface area contributed by atoms with E-state index in [2.05, 4.69) is 54.2 Å². The van der Waals surface area contributed by atoms with E-state index in [1.165, 1.54) is 0 Å². The molecule has 2 aromatic heterocycles. The van der Waals surface area contributed by atoms with E-state index >= 15 is 0 Å². The van der Waals surface area contributed by atoms with E-state index in [-0.39, 0.29) is 12.6 Å². The zero-order valence-corrected chi connectivity index (χ0v) is 18.4. The lowest BCUT2D eigenvalue weighted by Gasteiger charge is -2.21. The van der Waals surface area contributed by atoms with Gasteiger partial charge in [-0.1, -0.05) is 32.0 Å². The molecule has 0 radical (unpaired) electrons. The first-order chi connectivity index (χ1) is 15.8. The maximum atomic E-state index is 5.75. The van der Waals surface area contributed by atoms with Crippen molar-refractivity contribution in [2.75, 3.05) is 43.2 Å². The highest BCUT2D eigenvalue weighted by atomic mass is 16.5. The van der Waals surface area contributed by atoms with Crippen LogP contribution in [0.3, 0.4) is 0 Å². The molecule has 0 amide bonds. The quantitative estimate of drug-likeness (QED) is 0.350. The average molecular weight is 437 g/mol. The van der Waals surface area contributed by atoms with Gasteiger partial charge < -0.3 is 19.4 Å². The number of H-pyrrole nitrogens is 1. The Morgan fingerprint density at radius 1 is 1.19 bits per heavy atom. The van der Waals surface area contributed by atoms with Gasteiger partial charge >= 0.3 is 6.01 Å². The van der Waals surface area contributed by atoms with Crippen LogP contribution in [0.2, 0.25) is 0 Å². The highest BCUT2D eigenvalue weighted by Crippen LogP contribution is 2.18. The van der Waals surface area contributed by atoms with Crippen LogP contribution < -0.4 is 15.1 Å². The third kappa shape index (κ3) is 5.32. The molecule has 1 aromatic carbocycles. The van der Waals surface area contributed by atoms with Crippen LogP contribution in [-0.4, -0.2) is 64.9 Å². The molecule has 3 heterocycles. The van der Waals surface area contributed by atoms with E-state index in [1.807, 2.05) is 30.5 Å². The molecule has 0 saturated heterocycles.